The summed E-state index contributed by atoms with van der Waals surface area (Å²) in [4.78, 5) is 26.3. The lowest BCUT2D eigenvalue weighted by Gasteiger charge is -2.07. The van der Waals surface area contributed by atoms with Gasteiger partial charge in [-0.1, -0.05) is 30.3 Å². The molecule has 0 saturated heterocycles. The Hall–Kier alpha value is -2.56. The summed E-state index contributed by atoms with van der Waals surface area (Å²) in [6, 6.07) is 9.52. The second-order valence-electron chi connectivity index (χ2n) is 5.38. The normalized spacial score (nSPS) is 10.4. The molecule has 0 aliphatic carbocycles. The van der Waals surface area contributed by atoms with Crippen LogP contribution in [0.2, 0.25) is 0 Å². The van der Waals surface area contributed by atoms with Crippen LogP contribution in [0.3, 0.4) is 0 Å². The molecular weight excluding hydrogens is 294 g/mol. The van der Waals surface area contributed by atoms with Crippen molar-refractivity contribution in [3.63, 3.8) is 0 Å². The van der Waals surface area contributed by atoms with Gasteiger partial charge < -0.3 is 14.5 Å². The molecule has 2 rings (SSSR count). The van der Waals surface area contributed by atoms with E-state index in [0.717, 1.165) is 22.4 Å². The summed E-state index contributed by atoms with van der Waals surface area (Å²) in [6.45, 7) is 5.67. The van der Waals surface area contributed by atoms with Crippen molar-refractivity contribution < 1.29 is 19.1 Å². The van der Waals surface area contributed by atoms with Crippen molar-refractivity contribution in [2.24, 2.45) is 0 Å². The highest BCUT2D eigenvalue weighted by atomic mass is 16.5. The molecule has 0 atom stereocenters. The van der Waals surface area contributed by atoms with Crippen LogP contribution in [0.5, 0.6) is 0 Å². The van der Waals surface area contributed by atoms with E-state index < -0.39 is 5.97 Å². The first-order chi connectivity index (χ1) is 11.0. The second-order valence-corrected chi connectivity index (χ2v) is 5.38. The van der Waals surface area contributed by atoms with Crippen molar-refractivity contribution in [1.29, 1.82) is 0 Å². The Balaban J connectivity index is 2.06. The van der Waals surface area contributed by atoms with Gasteiger partial charge in [-0.2, -0.15) is 0 Å². The van der Waals surface area contributed by atoms with Crippen molar-refractivity contribution >= 4 is 11.9 Å². The molecule has 2 aromatic rings. The number of aromatic amines is 1. The molecule has 0 spiro atoms. The number of carbonyl (C=O) groups is 2. The standard InChI is InChI=1S/C18H21NO4/c1-12-13(2)19-17(16(12)9-10-22-14(3)20)18(21)23-11-15-7-5-4-6-8-15/h4-8,19H,9-11H2,1-3H3. The molecule has 122 valence electrons. The first-order valence-corrected chi connectivity index (χ1v) is 7.51. The summed E-state index contributed by atoms with van der Waals surface area (Å²) in [6.07, 6.45) is 0.478. The highest BCUT2D eigenvalue weighted by molar-refractivity contribution is 5.90. The summed E-state index contributed by atoms with van der Waals surface area (Å²) in [7, 11) is 0. The zero-order chi connectivity index (χ0) is 16.8. The molecule has 0 radical (unpaired) electrons. The molecule has 0 bridgehead atoms. The third-order valence-corrected chi connectivity index (χ3v) is 3.70. The fourth-order valence-corrected chi connectivity index (χ4v) is 2.35. The van der Waals surface area contributed by atoms with E-state index in [2.05, 4.69) is 4.98 Å². The number of rotatable bonds is 6. The van der Waals surface area contributed by atoms with Crippen LogP contribution in [0.25, 0.3) is 0 Å². The maximum atomic E-state index is 12.3. The summed E-state index contributed by atoms with van der Waals surface area (Å²) < 4.78 is 10.3. The van der Waals surface area contributed by atoms with Crippen LogP contribution >= 0.6 is 0 Å². The van der Waals surface area contributed by atoms with Crippen LogP contribution in [-0.4, -0.2) is 23.5 Å². The molecule has 1 heterocycles. The Morgan fingerprint density at radius 3 is 2.43 bits per heavy atom. The molecule has 0 amide bonds. The van der Waals surface area contributed by atoms with Crippen LogP contribution < -0.4 is 0 Å². The lowest BCUT2D eigenvalue weighted by molar-refractivity contribution is -0.140. The average molecular weight is 315 g/mol. The van der Waals surface area contributed by atoms with Crippen LogP contribution in [0.1, 0.15) is 39.8 Å². The fourth-order valence-electron chi connectivity index (χ4n) is 2.35. The van der Waals surface area contributed by atoms with Gasteiger partial charge in [0.05, 0.1) is 6.61 Å². The highest BCUT2D eigenvalue weighted by Crippen LogP contribution is 2.20. The molecule has 0 aliphatic rings. The van der Waals surface area contributed by atoms with Gasteiger partial charge in [-0.15, -0.1) is 0 Å². The van der Waals surface area contributed by atoms with Crippen LogP contribution in [-0.2, 0) is 27.3 Å². The molecule has 5 heteroatoms. The minimum absolute atomic E-state index is 0.222. The van der Waals surface area contributed by atoms with Crippen molar-refractivity contribution in [3.8, 4) is 0 Å². The molecule has 1 aromatic heterocycles. The average Bonchev–Trinajstić information content (AvgIpc) is 2.82. The molecule has 0 aliphatic heterocycles. The van der Waals surface area contributed by atoms with Gasteiger partial charge in [0.2, 0.25) is 0 Å². The predicted octanol–water partition coefficient (Wildman–Crippen LogP) is 3.09. The summed E-state index contributed by atoms with van der Waals surface area (Å²) >= 11 is 0. The SMILES string of the molecule is CC(=O)OCCc1c(C(=O)OCc2ccccc2)[nH]c(C)c1C. The minimum atomic E-state index is -0.400. The topological polar surface area (TPSA) is 68.4 Å². The number of esters is 2. The van der Waals surface area contributed by atoms with Crippen LogP contribution in [0, 0.1) is 13.8 Å². The lowest BCUT2D eigenvalue weighted by atomic mass is 10.1. The summed E-state index contributed by atoms with van der Waals surface area (Å²) in [5, 5.41) is 0. The number of aryl methyl sites for hydroxylation is 1. The Labute approximate surface area is 135 Å². The molecule has 0 fully saturated rings. The van der Waals surface area contributed by atoms with Gasteiger partial charge in [0.15, 0.2) is 0 Å². The number of aromatic nitrogens is 1. The van der Waals surface area contributed by atoms with E-state index in [1.807, 2.05) is 44.2 Å². The Bertz CT molecular complexity index is 689. The first kappa shape index (κ1) is 16.8. The van der Waals surface area contributed by atoms with Crippen LogP contribution in [0.4, 0.5) is 0 Å². The molecule has 5 nitrogen and oxygen atoms in total. The van der Waals surface area contributed by atoms with E-state index in [4.69, 9.17) is 9.47 Å². The maximum absolute atomic E-state index is 12.3. The molecule has 1 N–H and O–H groups in total. The van der Waals surface area contributed by atoms with Crippen molar-refractivity contribution in [2.45, 2.75) is 33.8 Å². The number of hydrogen-bond acceptors (Lipinski definition) is 4. The number of hydrogen-bond donors (Lipinski definition) is 1. The Morgan fingerprint density at radius 1 is 1.09 bits per heavy atom. The number of H-pyrrole nitrogens is 1. The molecular formula is C18H21NO4. The lowest BCUT2D eigenvalue weighted by Crippen LogP contribution is -2.11. The summed E-state index contributed by atoms with van der Waals surface area (Å²) in [5.74, 6) is -0.731. The zero-order valence-electron chi connectivity index (χ0n) is 13.6. The Kier molecular flexibility index (Phi) is 5.57. The number of ether oxygens (including phenoxy) is 2. The van der Waals surface area contributed by atoms with Gasteiger partial charge >= 0.3 is 11.9 Å². The number of benzene rings is 1. The fraction of sp³-hybridized carbons (Fsp3) is 0.333. The number of nitrogens with one attached hydrogen (secondary N) is 1. The molecule has 23 heavy (non-hydrogen) atoms. The van der Waals surface area contributed by atoms with Crippen molar-refractivity contribution in [1.82, 2.24) is 4.98 Å². The Morgan fingerprint density at radius 2 is 1.78 bits per heavy atom. The third-order valence-electron chi connectivity index (χ3n) is 3.70. The van der Waals surface area contributed by atoms with E-state index in [1.54, 1.807) is 0 Å². The smallest absolute Gasteiger partial charge is 0.355 e. The first-order valence-electron chi connectivity index (χ1n) is 7.51. The second kappa shape index (κ2) is 7.63. The molecule has 1 aromatic carbocycles. The van der Waals surface area contributed by atoms with E-state index in [1.165, 1.54) is 6.92 Å². The maximum Gasteiger partial charge on any atom is 0.355 e. The predicted molar refractivity (Wildman–Crippen MR) is 86.2 cm³/mol. The quantitative estimate of drug-likeness (QED) is 0.832. The van der Waals surface area contributed by atoms with E-state index >= 15 is 0 Å². The van der Waals surface area contributed by atoms with Gasteiger partial charge in [0.1, 0.15) is 12.3 Å². The van der Waals surface area contributed by atoms with E-state index in [9.17, 15) is 9.59 Å². The van der Waals surface area contributed by atoms with Gasteiger partial charge in [-0.25, -0.2) is 4.79 Å². The van der Waals surface area contributed by atoms with E-state index in [-0.39, 0.29) is 19.2 Å². The molecule has 0 saturated carbocycles. The minimum Gasteiger partial charge on any atom is -0.466 e. The van der Waals surface area contributed by atoms with Gasteiger partial charge in [-0.3, -0.25) is 4.79 Å². The molecule has 0 unspecified atom stereocenters. The number of carbonyl (C=O) groups excluding carboxylic acids is 2. The van der Waals surface area contributed by atoms with Crippen molar-refractivity contribution in [3.05, 3.63) is 58.4 Å². The monoisotopic (exact) mass is 315 g/mol. The highest BCUT2D eigenvalue weighted by Gasteiger charge is 2.19. The van der Waals surface area contributed by atoms with Gasteiger partial charge in [0.25, 0.3) is 0 Å². The van der Waals surface area contributed by atoms with Gasteiger partial charge in [0, 0.05) is 19.0 Å². The van der Waals surface area contributed by atoms with Gasteiger partial charge in [-0.05, 0) is 30.5 Å². The van der Waals surface area contributed by atoms with E-state index in [0.29, 0.717) is 12.1 Å². The van der Waals surface area contributed by atoms with Crippen molar-refractivity contribution in [2.75, 3.05) is 6.61 Å². The summed E-state index contributed by atoms with van der Waals surface area (Å²) in [5.41, 5.74) is 4.10. The largest absolute Gasteiger partial charge is 0.466 e. The van der Waals surface area contributed by atoms with Crippen LogP contribution in [0.15, 0.2) is 30.3 Å². The zero-order valence-corrected chi connectivity index (χ0v) is 13.6. The third kappa shape index (κ3) is 4.45.